The molecular weight excluding hydrogens is 296 g/mol. The number of carboxylic acid groups (broad SMARTS) is 1. The molecule has 1 unspecified atom stereocenters. The average Bonchev–Trinajstić information content (AvgIpc) is 2.70. The highest BCUT2D eigenvalue weighted by Crippen LogP contribution is 2.23. The van der Waals surface area contributed by atoms with Crippen molar-refractivity contribution in [2.75, 3.05) is 5.32 Å². The molecule has 0 aliphatic carbocycles. The lowest BCUT2D eigenvalue weighted by Gasteiger charge is -2.15. The summed E-state index contributed by atoms with van der Waals surface area (Å²) in [6.07, 6.45) is 3.95. The van der Waals surface area contributed by atoms with Crippen molar-refractivity contribution < 1.29 is 19.5 Å². The third kappa shape index (κ3) is 4.55. The van der Waals surface area contributed by atoms with Crippen LogP contribution in [-0.4, -0.2) is 28.9 Å². The van der Waals surface area contributed by atoms with Gasteiger partial charge in [-0.1, -0.05) is 19.8 Å². The maximum Gasteiger partial charge on any atom is 0.326 e. The van der Waals surface area contributed by atoms with Gasteiger partial charge >= 0.3 is 5.97 Å². The first-order valence-electron chi connectivity index (χ1n) is 7.97. The predicted molar refractivity (Wildman–Crippen MR) is 86.4 cm³/mol. The molecule has 23 heavy (non-hydrogen) atoms. The van der Waals surface area contributed by atoms with Crippen LogP contribution < -0.4 is 10.6 Å². The van der Waals surface area contributed by atoms with E-state index >= 15 is 0 Å². The number of aliphatic carboxylic acids is 1. The van der Waals surface area contributed by atoms with Crippen molar-refractivity contribution in [3.05, 3.63) is 29.3 Å². The summed E-state index contributed by atoms with van der Waals surface area (Å²) in [4.78, 5) is 35.1. The average molecular weight is 318 g/mol. The van der Waals surface area contributed by atoms with E-state index in [9.17, 15) is 19.5 Å². The third-order valence-electron chi connectivity index (χ3n) is 3.94. The van der Waals surface area contributed by atoms with Gasteiger partial charge in [-0.3, -0.25) is 9.59 Å². The van der Waals surface area contributed by atoms with E-state index in [-0.39, 0.29) is 5.91 Å². The van der Waals surface area contributed by atoms with Gasteiger partial charge in [0.15, 0.2) is 0 Å². The minimum absolute atomic E-state index is 0.0218. The lowest BCUT2D eigenvalue weighted by Crippen LogP contribution is -2.40. The fourth-order valence-corrected chi connectivity index (χ4v) is 2.62. The molecule has 6 heteroatoms. The molecule has 0 fully saturated rings. The number of benzene rings is 1. The summed E-state index contributed by atoms with van der Waals surface area (Å²) >= 11 is 0. The number of unbranched alkanes of at least 4 members (excludes halogenated alkanes) is 1. The molecular formula is C17H22N2O4. The summed E-state index contributed by atoms with van der Waals surface area (Å²) in [5.41, 5.74) is 2.05. The van der Waals surface area contributed by atoms with Crippen molar-refractivity contribution in [3.8, 4) is 0 Å². The monoisotopic (exact) mass is 318 g/mol. The van der Waals surface area contributed by atoms with Crippen LogP contribution in [0, 0.1) is 0 Å². The number of carbonyl (C=O) groups is 3. The molecule has 1 heterocycles. The van der Waals surface area contributed by atoms with Crippen molar-refractivity contribution in [3.63, 3.8) is 0 Å². The molecule has 0 saturated carbocycles. The number of nitrogens with one attached hydrogen (secondary N) is 2. The largest absolute Gasteiger partial charge is 0.480 e. The van der Waals surface area contributed by atoms with Crippen molar-refractivity contribution >= 4 is 23.5 Å². The Morgan fingerprint density at radius 3 is 2.83 bits per heavy atom. The number of carbonyl (C=O) groups excluding carboxylic acids is 2. The smallest absolute Gasteiger partial charge is 0.326 e. The summed E-state index contributed by atoms with van der Waals surface area (Å²) in [5, 5.41) is 14.6. The van der Waals surface area contributed by atoms with Crippen LogP contribution in [0.2, 0.25) is 0 Å². The molecule has 2 rings (SSSR count). The van der Waals surface area contributed by atoms with Crippen LogP contribution in [0.25, 0.3) is 0 Å². The summed E-state index contributed by atoms with van der Waals surface area (Å²) in [6, 6.07) is 4.17. The lowest BCUT2D eigenvalue weighted by atomic mass is 10.0. The van der Waals surface area contributed by atoms with Gasteiger partial charge in [-0.25, -0.2) is 4.79 Å². The first-order chi connectivity index (χ1) is 11.0. The molecule has 1 aromatic rings. The molecule has 1 aliphatic rings. The number of fused-ring (bicyclic) bond motifs is 1. The zero-order valence-corrected chi connectivity index (χ0v) is 13.2. The Labute approximate surface area is 135 Å². The Bertz CT molecular complexity index is 613. The van der Waals surface area contributed by atoms with E-state index in [4.69, 9.17) is 0 Å². The van der Waals surface area contributed by atoms with Crippen LogP contribution in [0.3, 0.4) is 0 Å². The van der Waals surface area contributed by atoms with E-state index < -0.39 is 17.9 Å². The highest BCUT2D eigenvalue weighted by molar-refractivity contribution is 5.98. The van der Waals surface area contributed by atoms with Gasteiger partial charge in [-0.15, -0.1) is 0 Å². The van der Waals surface area contributed by atoms with Gasteiger partial charge in [-0.2, -0.15) is 0 Å². The van der Waals surface area contributed by atoms with E-state index in [0.717, 1.165) is 30.5 Å². The normalized spacial score (nSPS) is 15.1. The van der Waals surface area contributed by atoms with Gasteiger partial charge in [-0.05, 0) is 43.0 Å². The maximum absolute atomic E-state index is 12.3. The molecule has 6 nitrogen and oxygen atoms in total. The van der Waals surface area contributed by atoms with Crippen molar-refractivity contribution in [1.82, 2.24) is 5.32 Å². The van der Waals surface area contributed by atoms with Gasteiger partial charge in [0.25, 0.3) is 5.91 Å². The number of aryl methyl sites for hydroxylation is 1. The number of amides is 2. The number of carboxylic acids is 1. The predicted octanol–water partition coefficient (Wildman–Crippen LogP) is 2.33. The zero-order valence-electron chi connectivity index (χ0n) is 13.2. The molecule has 0 spiro atoms. The second-order valence-electron chi connectivity index (χ2n) is 5.78. The van der Waals surface area contributed by atoms with Gasteiger partial charge in [0.05, 0.1) is 0 Å². The molecule has 1 aliphatic heterocycles. The van der Waals surface area contributed by atoms with E-state index in [1.54, 1.807) is 18.2 Å². The number of hydrogen-bond donors (Lipinski definition) is 3. The topological polar surface area (TPSA) is 95.5 Å². The first-order valence-corrected chi connectivity index (χ1v) is 7.97. The molecule has 124 valence electrons. The summed E-state index contributed by atoms with van der Waals surface area (Å²) in [7, 11) is 0. The number of hydrogen-bond acceptors (Lipinski definition) is 3. The molecule has 1 atom stereocenters. The minimum atomic E-state index is -1.02. The Hall–Kier alpha value is -2.37. The molecule has 0 saturated heterocycles. The van der Waals surface area contributed by atoms with Gasteiger partial charge in [0.2, 0.25) is 5.91 Å². The molecule has 0 aromatic heterocycles. The van der Waals surface area contributed by atoms with Gasteiger partial charge in [0.1, 0.15) is 6.04 Å². The second-order valence-corrected chi connectivity index (χ2v) is 5.78. The van der Waals surface area contributed by atoms with Crippen LogP contribution in [0.5, 0.6) is 0 Å². The van der Waals surface area contributed by atoms with E-state index in [1.807, 2.05) is 6.92 Å². The standard InChI is InChI=1S/C17H22N2O4/c1-2-3-6-14(17(22)23)19-16(21)12-8-9-13-11(10-12)5-4-7-15(20)18-13/h8-10,14H,2-7H2,1H3,(H,18,20)(H,19,21)(H,22,23). The van der Waals surface area contributed by atoms with Crippen LogP contribution in [0.1, 0.15) is 54.9 Å². The van der Waals surface area contributed by atoms with Gasteiger partial charge in [0, 0.05) is 17.7 Å². The minimum Gasteiger partial charge on any atom is -0.480 e. The molecule has 1 aromatic carbocycles. The molecule has 0 bridgehead atoms. The Balaban J connectivity index is 2.11. The lowest BCUT2D eigenvalue weighted by molar-refractivity contribution is -0.139. The second kappa shape index (κ2) is 7.76. The Morgan fingerprint density at radius 2 is 2.13 bits per heavy atom. The van der Waals surface area contributed by atoms with Crippen LogP contribution >= 0.6 is 0 Å². The van der Waals surface area contributed by atoms with Crippen molar-refractivity contribution in [2.45, 2.75) is 51.5 Å². The number of anilines is 1. The van der Waals surface area contributed by atoms with E-state index in [1.165, 1.54) is 0 Å². The Kier molecular flexibility index (Phi) is 5.73. The summed E-state index contributed by atoms with van der Waals surface area (Å²) < 4.78 is 0. The van der Waals surface area contributed by atoms with Crippen molar-refractivity contribution in [2.24, 2.45) is 0 Å². The summed E-state index contributed by atoms with van der Waals surface area (Å²) in [6.45, 7) is 1.97. The summed E-state index contributed by atoms with van der Waals surface area (Å²) in [5.74, 6) is -1.44. The molecule has 0 radical (unpaired) electrons. The third-order valence-corrected chi connectivity index (χ3v) is 3.94. The molecule has 3 N–H and O–H groups in total. The zero-order chi connectivity index (χ0) is 16.8. The van der Waals surface area contributed by atoms with E-state index in [0.29, 0.717) is 24.8 Å². The van der Waals surface area contributed by atoms with Gasteiger partial charge < -0.3 is 15.7 Å². The fraction of sp³-hybridized carbons (Fsp3) is 0.471. The highest BCUT2D eigenvalue weighted by Gasteiger charge is 2.21. The Morgan fingerprint density at radius 1 is 1.35 bits per heavy atom. The quantitative estimate of drug-likeness (QED) is 0.750. The highest BCUT2D eigenvalue weighted by atomic mass is 16.4. The number of rotatable bonds is 6. The first kappa shape index (κ1) is 17.0. The van der Waals surface area contributed by atoms with Crippen LogP contribution in [0.15, 0.2) is 18.2 Å². The SMILES string of the molecule is CCCCC(NC(=O)c1ccc2c(c1)CCCC(=O)N2)C(=O)O. The van der Waals surface area contributed by atoms with Crippen LogP contribution in [-0.2, 0) is 16.0 Å². The molecule has 2 amide bonds. The van der Waals surface area contributed by atoms with Crippen LogP contribution in [0.4, 0.5) is 5.69 Å². The maximum atomic E-state index is 12.3. The van der Waals surface area contributed by atoms with E-state index in [2.05, 4.69) is 10.6 Å². The fourth-order valence-electron chi connectivity index (χ4n) is 2.62. The van der Waals surface area contributed by atoms with Crippen molar-refractivity contribution in [1.29, 1.82) is 0 Å².